The van der Waals surface area contributed by atoms with Crippen LogP contribution in [0.1, 0.15) is 54.4 Å². The molecule has 2 heteroatoms. The van der Waals surface area contributed by atoms with Gasteiger partial charge in [-0.2, -0.15) is 0 Å². The largest absolute Gasteiger partial charge is 0.260 e. The number of aliphatic imine (C=N–C) groups is 2. The van der Waals surface area contributed by atoms with Crippen LogP contribution in [-0.2, 0) is 0 Å². The van der Waals surface area contributed by atoms with Gasteiger partial charge in [0.15, 0.2) is 0 Å². The van der Waals surface area contributed by atoms with Crippen molar-refractivity contribution in [2.75, 3.05) is 0 Å². The summed E-state index contributed by atoms with van der Waals surface area (Å²) in [6.45, 7) is 13.6. The molecule has 0 bridgehead atoms. The van der Waals surface area contributed by atoms with Gasteiger partial charge in [-0.05, 0) is 23.7 Å². The number of hydrogen-bond donors (Lipinski definition) is 0. The van der Waals surface area contributed by atoms with Gasteiger partial charge in [-0.15, -0.1) is 0 Å². The van der Waals surface area contributed by atoms with Crippen LogP contribution in [0.3, 0.4) is 0 Å². The van der Waals surface area contributed by atoms with Crippen molar-refractivity contribution in [3.05, 3.63) is 0 Å². The third-order valence-corrected chi connectivity index (χ3v) is 4.42. The Hall–Kier alpha value is -0.660. The zero-order valence-corrected chi connectivity index (χ0v) is 11.0. The van der Waals surface area contributed by atoms with E-state index in [2.05, 4.69) is 52.7 Å². The van der Waals surface area contributed by atoms with Crippen LogP contribution in [0.2, 0.25) is 0 Å². The van der Waals surface area contributed by atoms with Gasteiger partial charge in [-0.3, -0.25) is 4.99 Å². The molecule has 0 fully saturated rings. The second kappa shape index (κ2) is 3.73. The fraction of sp³-hybridized carbons (Fsp3) is 0.846. The van der Waals surface area contributed by atoms with E-state index in [1.54, 1.807) is 6.34 Å². The van der Waals surface area contributed by atoms with E-state index in [-0.39, 0.29) is 16.4 Å². The Labute approximate surface area is 93.9 Å². The third kappa shape index (κ3) is 1.64. The summed E-state index contributed by atoms with van der Waals surface area (Å²) >= 11 is 0. The Kier molecular flexibility index (Phi) is 3.09. The molecule has 2 nitrogen and oxygen atoms in total. The van der Waals surface area contributed by atoms with E-state index in [4.69, 9.17) is 4.99 Å². The second-order valence-corrected chi connectivity index (χ2v) is 5.76. The van der Waals surface area contributed by atoms with Crippen molar-refractivity contribution in [1.82, 2.24) is 0 Å². The molecule has 1 aliphatic rings. The average Bonchev–Trinajstić information content (AvgIpc) is 2.68. The van der Waals surface area contributed by atoms with Crippen LogP contribution in [0.15, 0.2) is 9.98 Å². The molecule has 86 valence electrons. The minimum atomic E-state index is -0.135. The van der Waals surface area contributed by atoms with Crippen LogP contribution < -0.4 is 0 Å². The van der Waals surface area contributed by atoms with E-state index >= 15 is 0 Å². The number of rotatable bonds is 4. The maximum absolute atomic E-state index is 4.70. The van der Waals surface area contributed by atoms with Crippen LogP contribution in [0, 0.1) is 10.8 Å². The quantitative estimate of drug-likeness (QED) is 0.673. The van der Waals surface area contributed by atoms with Gasteiger partial charge >= 0.3 is 0 Å². The molecule has 0 atom stereocenters. The predicted octanol–water partition coefficient (Wildman–Crippen LogP) is 3.71. The Morgan fingerprint density at radius 3 is 1.73 bits per heavy atom. The highest BCUT2D eigenvalue weighted by Gasteiger charge is 2.53. The molecule has 0 saturated heterocycles. The maximum Gasteiger partial charge on any atom is 0.110 e. The molecule has 1 aliphatic heterocycles. The van der Waals surface area contributed by atoms with Gasteiger partial charge in [0.1, 0.15) is 11.9 Å². The summed E-state index contributed by atoms with van der Waals surface area (Å²) in [6.07, 6.45) is 5.99. The number of nitrogens with zero attached hydrogens (tertiary/aromatic N) is 2. The Bertz CT molecular complexity index is 255. The van der Waals surface area contributed by atoms with E-state index in [0.29, 0.717) is 0 Å². The Morgan fingerprint density at radius 2 is 1.47 bits per heavy atom. The standard InChI is InChI=1S/C13H24N2/c1-7-11(3,4)13(9-14-10-15-13)12(5,6)8-2/h9-10H,7-8H2,1-6H3. The minimum Gasteiger partial charge on any atom is -0.260 e. The normalized spacial score (nSPS) is 19.9. The summed E-state index contributed by atoms with van der Waals surface area (Å²) in [5.41, 5.74) is 0.176. The summed E-state index contributed by atoms with van der Waals surface area (Å²) in [4.78, 5) is 8.95. The topological polar surface area (TPSA) is 24.7 Å². The molecule has 0 aliphatic carbocycles. The van der Waals surface area contributed by atoms with E-state index in [1.807, 2.05) is 0 Å². The molecule has 1 rings (SSSR count). The molecule has 1 heterocycles. The molecule has 0 radical (unpaired) electrons. The van der Waals surface area contributed by atoms with Gasteiger partial charge in [0, 0.05) is 6.21 Å². The first kappa shape index (κ1) is 12.4. The molecule has 0 unspecified atom stereocenters. The first-order valence-electron chi connectivity index (χ1n) is 5.91. The van der Waals surface area contributed by atoms with Crippen molar-refractivity contribution < 1.29 is 0 Å². The van der Waals surface area contributed by atoms with E-state index < -0.39 is 0 Å². The van der Waals surface area contributed by atoms with E-state index in [0.717, 1.165) is 12.8 Å². The molecule has 0 aromatic carbocycles. The van der Waals surface area contributed by atoms with Crippen molar-refractivity contribution in [3.8, 4) is 0 Å². The van der Waals surface area contributed by atoms with Crippen LogP contribution in [0.5, 0.6) is 0 Å². The molecular weight excluding hydrogens is 184 g/mol. The first-order chi connectivity index (χ1) is 6.83. The summed E-state index contributed by atoms with van der Waals surface area (Å²) in [7, 11) is 0. The van der Waals surface area contributed by atoms with Crippen molar-refractivity contribution in [2.24, 2.45) is 20.8 Å². The van der Waals surface area contributed by atoms with E-state index in [1.165, 1.54) is 0 Å². The molecule has 0 aromatic rings. The second-order valence-electron chi connectivity index (χ2n) is 5.76. The van der Waals surface area contributed by atoms with Crippen molar-refractivity contribution in [1.29, 1.82) is 0 Å². The van der Waals surface area contributed by atoms with Gasteiger partial charge in [0.25, 0.3) is 0 Å². The van der Waals surface area contributed by atoms with Gasteiger partial charge in [0.05, 0.1) is 0 Å². The van der Waals surface area contributed by atoms with Crippen LogP contribution in [0.4, 0.5) is 0 Å². The summed E-state index contributed by atoms with van der Waals surface area (Å²) < 4.78 is 0. The van der Waals surface area contributed by atoms with Gasteiger partial charge < -0.3 is 0 Å². The fourth-order valence-corrected chi connectivity index (χ4v) is 2.45. The predicted molar refractivity (Wildman–Crippen MR) is 67.9 cm³/mol. The van der Waals surface area contributed by atoms with Crippen molar-refractivity contribution in [3.63, 3.8) is 0 Å². The molecule has 0 aromatic heterocycles. The van der Waals surface area contributed by atoms with Gasteiger partial charge in [-0.1, -0.05) is 41.5 Å². The molecule has 0 amide bonds. The highest BCUT2D eigenvalue weighted by molar-refractivity contribution is 5.87. The van der Waals surface area contributed by atoms with Crippen molar-refractivity contribution in [2.45, 2.75) is 59.9 Å². The smallest absolute Gasteiger partial charge is 0.110 e. The van der Waals surface area contributed by atoms with Crippen molar-refractivity contribution >= 4 is 12.6 Å². The SMILES string of the molecule is CCC(C)(C)C1(C(C)(C)CC)C=NC=N1. The Balaban J connectivity index is 3.23. The average molecular weight is 208 g/mol. The Morgan fingerprint density at radius 1 is 1.00 bits per heavy atom. The lowest BCUT2D eigenvalue weighted by Crippen LogP contribution is -2.54. The zero-order chi connectivity index (χ0) is 11.7. The van der Waals surface area contributed by atoms with Gasteiger partial charge in [0.2, 0.25) is 0 Å². The molecule has 0 N–H and O–H groups in total. The highest BCUT2D eigenvalue weighted by Crippen LogP contribution is 2.50. The molecule has 0 saturated carbocycles. The number of hydrogen-bond acceptors (Lipinski definition) is 2. The van der Waals surface area contributed by atoms with Crippen LogP contribution in [0.25, 0.3) is 0 Å². The van der Waals surface area contributed by atoms with E-state index in [9.17, 15) is 0 Å². The van der Waals surface area contributed by atoms with Crippen LogP contribution >= 0.6 is 0 Å². The molecular formula is C13H24N2. The van der Waals surface area contributed by atoms with Crippen LogP contribution in [-0.4, -0.2) is 18.1 Å². The molecule has 0 spiro atoms. The lowest BCUT2D eigenvalue weighted by molar-refractivity contribution is 0.0948. The fourth-order valence-electron chi connectivity index (χ4n) is 2.45. The van der Waals surface area contributed by atoms with Gasteiger partial charge in [-0.25, -0.2) is 4.99 Å². The summed E-state index contributed by atoms with van der Waals surface area (Å²) in [5.74, 6) is 0. The minimum absolute atomic E-state index is 0.135. The molecule has 15 heavy (non-hydrogen) atoms. The third-order valence-electron chi connectivity index (χ3n) is 4.42. The lowest BCUT2D eigenvalue weighted by Gasteiger charge is -2.49. The summed E-state index contributed by atoms with van der Waals surface area (Å²) in [6, 6.07) is 0. The summed E-state index contributed by atoms with van der Waals surface area (Å²) in [5, 5.41) is 0. The monoisotopic (exact) mass is 208 g/mol. The lowest BCUT2D eigenvalue weighted by atomic mass is 9.57. The maximum atomic E-state index is 4.70. The first-order valence-corrected chi connectivity index (χ1v) is 5.91. The highest BCUT2D eigenvalue weighted by atomic mass is 15.0. The zero-order valence-electron chi connectivity index (χ0n) is 11.0.